The first-order chi connectivity index (χ1) is 9.22. The van der Waals surface area contributed by atoms with Crippen LogP contribution < -0.4 is 11.1 Å². The van der Waals surface area contributed by atoms with Crippen LogP contribution in [0.2, 0.25) is 0 Å². The van der Waals surface area contributed by atoms with Crippen molar-refractivity contribution in [3.63, 3.8) is 0 Å². The molecule has 96 valence electrons. The molecule has 1 heterocycles. The fraction of sp³-hybridized carbons (Fsp3) is 0.154. The van der Waals surface area contributed by atoms with Crippen LogP contribution in [0.25, 0.3) is 0 Å². The maximum absolute atomic E-state index is 12.0. The first-order valence-electron chi connectivity index (χ1n) is 5.69. The van der Waals surface area contributed by atoms with Gasteiger partial charge >= 0.3 is 0 Å². The van der Waals surface area contributed by atoms with Crippen molar-refractivity contribution in [3.8, 4) is 6.07 Å². The van der Waals surface area contributed by atoms with Crippen molar-refractivity contribution in [2.45, 2.75) is 6.42 Å². The van der Waals surface area contributed by atoms with Crippen LogP contribution in [0, 0.1) is 11.3 Å². The van der Waals surface area contributed by atoms with E-state index in [9.17, 15) is 4.79 Å². The number of nitriles is 1. The van der Waals surface area contributed by atoms with Crippen molar-refractivity contribution < 1.29 is 4.79 Å². The number of nitrogens with one attached hydrogen (secondary N) is 1. The number of nitrogens with zero attached hydrogens (tertiary/aromatic N) is 2. The van der Waals surface area contributed by atoms with Gasteiger partial charge in [-0.25, -0.2) is 4.98 Å². The second-order valence-corrected chi connectivity index (χ2v) is 4.75. The number of carbonyl (C=O) groups excluding carboxylic acids is 1. The minimum atomic E-state index is -0.283. The molecule has 0 bridgehead atoms. The molecule has 0 unspecified atom stereocenters. The Morgan fingerprint density at radius 3 is 3.11 bits per heavy atom. The van der Waals surface area contributed by atoms with E-state index >= 15 is 0 Å². The van der Waals surface area contributed by atoms with Gasteiger partial charge in [-0.1, -0.05) is 6.07 Å². The maximum Gasteiger partial charge on any atom is 0.275 e. The van der Waals surface area contributed by atoms with E-state index in [0.717, 1.165) is 5.01 Å². The number of anilines is 1. The zero-order chi connectivity index (χ0) is 13.7. The normalized spacial score (nSPS) is 9.89. The molecule has 0 aliphatic carbocycles. The molecular formula is C13H12N4OS. The summed E-state index contributed by atoms with van der Waals surface area (Å²) in [5, 5.41) is 14.1. The Bertz CT molecular complexity index is 630. The average Bonchev–Trinajstić information content (AvgIpc) is 2.88. The standard InChI is InChI=1S/C13H12N4OS/c14-5-4-12-17-11(8-19-12)13(18)16-10-3-1-2-9(6-10)7-15/h1-3,6,8H,4-5,14H2,(H,16,18). The van der Waals surface area contributed by atoms with Crippen molar-refractivity contribution >= 4 is 22.9 Å². The Labute approximate surface area is 114 Å². The molecule has 5 nitrogen and oxygen atoms in total. The largest absolute Gasteiger partial charge is 0.330 e. The number of amides is 1. The van der Waals surface area contributed by atoms with Gasteiger partial charge in [0, 0.05) is 17.5 Å². The van der Waals surface area contributed by atoms with Crippen molar-refractivity contribution in [2.24, 2.45) is 5.73 Å². The second kappa shape index (κ2) is 6.09. The van der Waals surface area contributed by atoms with Crippen LogP contribution in [-0.4, -0.2) is 17.4 Å². The van der Waals surface area contributed by atoms with Gasteiger partial charge in [0.15, 0.2) is 0 Å². The Morgan fingerprint density at radius 2 is 2.37 bits per heavy atom. The summed E-state index contributed by atoms with van der Waals surface area (Å²) in [6.07, 6.45) is 0.669. The van der Waals surface area contributed by atoms with E-state index in [1.807, 2.05) is 6.07 Å². The van der Waals surface area contributed by atoms with Gasteiger partial charge in [-0.05, 0) is 24.7 Å². The van der Waals surface area contributed by atoms with Gasteiger partial charge in [0.2, 0.25) is 0 Å². The minimum absolute atomic E-state index is 0.283. The number of carbonyl (C=O) groups is 1. The van der Waals surface area contributed by atoms with Crippen LogP contribution >= 0.6 is 11.3 Å². The smallest absolute Gasteiger partial charge is 0.275 e. The summed E-state index contributed by atoms with van der Waals surface area (Å²) in [5.41, 5.74) is 6.89. The summed E-state index contributed by atoms with van der Waals surface area (Å²) >= 11 is 1.42. The van der Waals surface area contributed by atoms with Gasteiger partial charge in [0.05, 0.1) is 16.6 Å². The molecule has 0 radical (unpaired) electrons. The highest BCUT2D eigenvalue weighted by atomic mass is 32.1. The monoisotopic (exact) mass is 272 g/mol. The molecule has 0 saturated carbocycles. The molecular weight excluding hydrogens is 260 g/mol. The molecule has 19 heavy (non-hydrogen) atoms. The summed E-state index contributed by atoms with van der Waals surface area (Å²) in [6, 6.07) is 8.76. The molecule has 2 rings (SSSR count). The van der Waals surface area contributed by atoms with Gasteiger partial charge < -0.3 is 11.1 Å². The highest BCUT2D eigenvalue weighted by Gasteiger charge is 2.10. The highest BCUT2D eigenvalue weighted by Crippen LogP contribution is 2.14. The van der Waals surface area contributed by atoms with Gasteiger partial charge in [-0.3, -0.25) is 4.79 Å². The van der Waals surface area contributed by atoms with Crippen LogP contribution in [-0.2, 0) is 6.42 Å². The van der Waals surface area contributed by atoms with Crippen molar-refractivity contribution in [1.82, 2.24) is 4.98 Å². The minimum Gasteiger partial charge on any atom is -0.330 e. The zero-order valence-electron chi connectivity index (χ0n) is 10.1. The number of thiazole rings is 1. The predicted octanol–water partition coefficient (Wildman–Crippen LogP) is 1.77. The number of hydrogen-bond donors (Lipinski definition) is 2. The van der Waals surface area contributed by atoms with Crippen LogP contribution in [0.15, 0.2) is 29.6 Å². The molecule has 3 N–H and O–H groups in total. The Hall–Kier alpha value is -2.23. The Morgan fingerprint density at radius 1 is 1.53 bits per heavy atom. The topological polar surface area (TPSA) is 91.8 Å². The van der Waals surface area contributed by atoms with Crippen LogP contribution in [0.5, 0.6) is 0 Å². The fourth-order valence-corrected chi connectivity index (χ4v) is 2.31. The van der Waals surface area contributed by atoms with E-state index < -0.39 is 0 Å². The lowest BCUT2D eigenvalue weighted by Gasteiger charge is -2.02. The molecule has 1 amide bonds. The third-order valence-electron chi connectivity index (χ3n) is 2.39. The number of aromatic nitrogens is 1. The molecule has 0 fully saturated rings. The van der Waals surface area contributed by atoms with E-state index in [4.69, 9.17) is 11.0 Å². The van der Waals surface area contributed by atoms with Gasteiger partial charge in [0.25, 0.3) is 5.91 Å². The summed E-state index contributed by atoms with van der Waals surface area (Å²) in [5.74, 6) is -0.283. The first-order valence-corrected chi connectivity index (χ1v) is 6.57. The van der Waals surface area contributed by atoms with E-state index in [0.29, 0.717) is 29.9 Å². The fourth-order valence-electron chi connectivity index (χ4n) is 1.52. The van der Waals surface area contributed by atoms with Gasteiger partial charge in [-0.15, -0.1) is 11.3 Å². The highest BCUT2D eigenvalue weighted by molar-refractivity contribution is 7.09. The summed E-state index contributed by atoms with van der Waals surface area (Å²) in [7, 11) is 0. The van der Waals surface area contributed by atoms with Crippen LogP contribution in [0.3, 0.4) is 0 Å². The van der Waals surface area contributed by atoms with E-state index in [2.05, 4.69) is 10.3 Å². The predicted molar refractivity (Wildman–Crippen MR) is 74.0 cm³/mol. The quantitative estimate of drug-likeness (QED) is 0.887. The Kier molecular flexibility index (Phi) is 4.23. The van der Waals surface area contributed by atoms with E-state index in [1.54, 1.807) is 29.6 Å². The van der Waals surface area contributed by atoms with Crippen LogP contribution in [0.4, 0.5) is 5.69 Å². The average molecular weight is 272 g/mol. The molecule has 1 aromatic carbocycles. The lowest BCUT2D eigenvalue weighted by Crippen LogP contribution is -2.12. The van der Waals surface area contributed by atoms with Crippen molar-refractivity contribution in [1.29, 1.82) is 5.26 Å². The summed E-state index contributed by atoms with van der Waals surface area (Å²) in [4.78, 5) is 16.2. The molecule has 0 saturated heterocycles. The molecule has 1 aromatic heterocycles. The first kappa shape index (κ1) is 13.2. The summed E-state index contributed by atoms with van der Waals surface area (Å²) < 4.78 is 0. The lowest BCUT2D eigenvalue weighted by atomic mass is 10.2. The molecule has 6 heteroatoms. The summed E-state index contributed by atoms with van der Waals surface area (Å²) in [6.45, 7) is 0.513. The van der Waals surface area contributed by atoms with Crippen LogP contribution in [0.1, 0.15) is 21.1 Å². The number of hydrogen-bond acceptors (Lipinski definition) is 5. The number of benzene rings is 1. The maximum atomic E-state index is 12.0. The molecule has 0 aliphatic heterocycles. The number of rotatable bonds is 4. The molecule has 0 spiro atoms. The van der Waals surface area contributed by atoms with E-state index in [-0.39, 0.29) is 5.91 Å². The second-order valence-electron chi connectivity index (χ2n) is 3.81. The van der Waals surface area contributed by atoms with Crippen molar-refractivity contribution in [2.75, 3.05) is 11.9 Å². The molecule has 0 aliphatic rings. The van der Waals surface area contributed by atoms with Gasteiger partial charge in [0.1, 0.15) is 5.69 Å². The lowest BCUT2D eigenvalue weighted by molar-refractivity contribution is 0.102. The SMILES string of the molecule is N#Cc1cccc(NC(=O)c2csc(CCN)n2)c1. The molecule has 0 atom stereocenters. The number of nitrogens with two attached hydrogens (primary N) is 1. The zero-order valence-corrected chi connectivity index (χ0v) is 10.9. The van der Waals surface area contributed by atoms with Gasteiger partial charge in [-0.2, -0.15) is 5.26 Å². The van der Waals surface area contributed by atoms with Crippen molar-refractivity contribution in [3.05, 3.63) is 45.9 Å². The van der Waals surface area contributed by atoms with E-state index in [1.165, 1.54) is 11.3 Å². The third-order valence-corrected chi connectivity index (χ3v) is 3.30. The molecule has 2 aromatic rings. The Balaban J connectivity index is 2.09. The third kappa shape index (κ3) is 3.37.